The molecule has 320 valence electrons. The number of aryl methyl sites for hydroxylation is 2. The second-order valence-corrected chi connectivity index (χ2v) is 15.2. The number of nitrogens with zero attached hydrogens (tertiary/aromatic N) is 6. The maximum Gasteiger partial charge on any atom is 0.306 e. The van der Waals surface area contributed by atoms with Gasteiger partial charge in [-0.25, -0.2) is 19.9 Å². The van der Waals surface area contributed by atoms with Crippen molar-refractivity contribution in [2.45, 2.75) is 78.7 Å². The molecule has 0 amide bonds. The first-order chi connectivity index (χ1) is 29.5. The molecule has 4 aromatic carbocycles. The summed E-state index contributed by atoms with van der Waals surface area (Å²) in [5, 5.41) is 0. The van der Waals surface area contributed by atoms with Gasteiger partial charge >= 0.3 is 5.97 Å². The smallest absolute Gasteiger partial charge is 0.306 e. The quantitative estimate of drug-likeness (QED) is 0.0768. The zero-order valence-electron chi connectivity index (χ0n) is 36.6. The van der Waals surface area contributed by atoms with Crippen molar-refractivity contribution in [2.75, 3.05) is 38.2 Å². The van der Waals surface area contributed by atoms with Crippen molar-refractivity contribution >= 4 is 17.9 Å². The maximum absolute atomic E-state index is 12.1. The third-order valence-corrected chi connectivity index (χ3v) is 9.46. The van der Waals surface area contributed by atoms with E-state index in [4.69, 9.17) is 33.7 Å². The lowest BCUT2D eigenvalue weighted by molar-refractivity contribution is -0.154. The number of esters is 1. The van der Waals surface area contributed by atoms with Gasteiger partial charge in [0, 0.05) is 56.4 Å². The minimum Gasteiger partial charge on any atom is -0.497 e. The number of carbonyl (C=O) groups is 1. The summed E-state index contributed by atoms with van der Waals surface area (Å²) in [7, 11) is 6.66. The lowest BCUT2D eigenvalue weighted by atomic mass is 10.1. The summed E-state index contributed by atoms with van der Waals surface area (Å²) < 4.78 is 26.5. The Labute approximate surface area is 360 Å². The number of benzene rings is 4. The Balaban J connectivity index is 0.000000237. The molecule has 0 atom stereocenters. The van der Waals surface area contributed by atoms with Crippen molar-refractivity contribution in [3.05, 3.63) is 155 Å². The molecule has 0 aliphatic carbocycles. The van der Waals surface area contributed by atoms with E-state index in [1.165, 1.54) is 11.1 Å². The molecular formula is C49H58N6O6. The van der Waals surface area contributed by atoms with E-state index in [1.54, 1.807) is 34.6 Å². The minimum atomic E-state index is -0.499. The van der Waals surface area contributed by atoms with Crippen molar-refractivity contribution in [1.82, 2.24) is 19.9 Å². The van der Waals surface area contributed by atoms with Crippen LogP contribution in [-0.4, -0.2) is 59.9 Å². The van der Waals surface area contributed by atoms with Gasteiger partial charge in [0.25, 0.3) is 0 Å². The molecule has 0 aliphatic rings. The standard InChI is InChI=1S/C27H33N3O4.C22H25N3O2/c1-27(2,3)34-25(31)15-10-22-16-17-28-26(29-22)30(18-20-6-11-23(32-4)12-7-20)19-21-8-13-24(33-5)14-9-21;1-4-19-13-14-23-22(24-19)25(15-17-5-9-20(26-2)10-6-17)16-18-7-11-21(27-3)12-8-18/h6-9,11-14,16-17H,10,15,18-19H2,1-5H3;5-14H,4,15-16H2,1-3H3. The van der Waals surface area contributed by atoms with E-state index in [0.29, 0.717) is 38.5 Å². The third kappa shape index (κ3) is 14.8. The average molecular weight is 827 g/mol. The molecule has 6 aromatic rings. The number of hydrogen-bond donors (Lipinski definition) is 0. The molecule has 61 heavy (non-hydrogen) atoms. The summed E-state index contributed by atoms with van der Waals surface area (Å²) >= 11 is 0. The van der Waals surface area contributed by atoms with Crippen LogP contribution in [0.2, 0.25) is 0 Å². The number of methoxy groups -OCH3 is 4. The Morgan fingerprint density at radius 1 is 0.508 bits per heavy atom. The number of ether oxygens (including phenoxy) is 5. The van der Waals surface area contributed by atoms with E-state index in [-0.39, 0.29) is 12.4 Å². The molecule has 12 heteroatoms. The number of carbonyl (C=O) groups excluding carboxylic acids is 1. The lowest BCUT2D eigenvalue weighted by Crippen LogP contribution is -2.25. The van der Waals surface area contributed by atoms with Crippen LogP contribution in [-0.2, 0) is 48.6 Å². The van der Waals surface area contributed by atoms with Crippen molar-refractivity contribution < 1.29 is 28.5 Å². The summed E-state index contributed by atoms with van der Waals surface area (Å²) in [6.07, 6.45) is 5.21. The Hall–Kier alpha value is -6.69. The van der Waals surface area contributed by atoms with Gasteiger partial charge in [-0.3, -0.25) is 4.79 Å². The van der Waals surface area contributed by atoms with Crippen molar-refractivity contribution in [1.29, 1.82) is 0 Å². The predicted molar refractivity (Wildman–Crippen MR) is 239 cm³/mol. The maximum atomic E-state index is 12.1. The average Bonchev–Trinajstić information content (AvgIpc) is 3.28. The normalized spacial score (nSPS) is 10.8. The van der Waals surface area contributed by atoms with Gasteiger partial charge in [0.15, 0.2) is 0 Å². The van der Waals surface area contributed by atoms with Crippen LogP contribution in [0.5, 0.6) is 23.0 Å². The Morgan fingerprint density at radius 3 is 1.15 bits per heavy atom. The van der Waals surface area contributed by atoms with E-state index in [1.807, 2.05) is 112 Å². The fourth-order valence-electron chi connectivity index (χ4n) is 6.23. The van der Waals surface area contributed by atoms with Crippen LogP contribution >= 0.6 is 0 Å². The van der Waals surface area contributed by atoms with Crippen LogP contribution in [0.25, 0.3) is 0 Å². The number of aromatic nitrogens is 4. The monoisotopic (exact) mass is 826 g/mol. The van der Waals surface area contributed by atoms with Crippen LogP contribution in [0.1, 0.15) is 67.8 Å². The van der Waals surface area contributed by atoms with E-state index in [0.717, 1.165) is 57.9 Å². The van der Waals surface area contributed by atoms with Gasteiger partial charge in [-0.2, -0.15) is 0 Å². The molecule has 0 N–H and O–H groups in total. The van der Waals surface area contributed by atoms with E-state index < -0.39 is 5.60 Å². The molecule has 0 spiro atoms. The minimum absolute atomic E-state index is 0.235. The van der Waals surface area contributed by atoms with E-state index in [9.17, 15) is 4.79 Å². The molecule has 2 heterocycles. The summed E-state index contributed by atoms with van der Waals surface area (Å²) in [5.74, 6) is 4.43. The van der Waals surface area contributed by atoms with Gasteiger partial charge in [-0.1, -0.05) is 55.5 Å². The first-order valence-corrected chi connectivity index (χ1v) is 20.3. The zero-order chi connectivity index (χ0) is 43.6. The van der Waals surface area contributed by atoms with Crippen LogP contribution in [0.4, 0.5) is 11.9 Å². The highest BCUT2D eigenvalue weighted by molar-refractivity contribution is 5.70. The molecule has 0 fully saturated rings. The molecule has 12 nitrogen and oxygen atoms in total. The summed E-state index contributed by atoms with van der Waals surface area (Å²) in [5.41, 5.74) is 5.90. The fraction of sp³-hybridized carbons (Fsp3) is 0.327. The van der Waals surface area contributed by atoms with Gasteiger partial charge < -0.3 is 33.5 Å². The fourth-order valence-corrected chi connectivity index (χ4v) is 6.23. The van der Waals surface area contributed by atoms with E-state index >= 15 is 0 Å². The van der Waals surface area contributed by atoms with Gasteiger partial charge in [-0.15, -0.1) is 0 Å². The highest BCUT2D eigenvalue weighted by atomic mass is 16.6. The topological polar surface area (TPSA) is 121 Å². The zero-order valence-corrected chi connectivity index (χ0v) is 36.6. The largest absolute Gasteiger partial charge is 0.497 e. The van der Waals surface area contributed by atoms with Crippen molar-refractivity contribution in [3.8, 4) is 23.0 Å². The summed E-state index contributed by atoms with van der Waals surface area (Å²) in [6.45, 7) is 10.4. The third-order valence-electron chi connectivity index (χ3n) is 9.46. The van der Waals surface area contributed by atoms with Gasteiger partial charge in [0.05, 0.1) is 34.9 Å². The SMILES string of the molecule is CCc1ccnc(N(Cc2ccc(OC)cc2)Cc2ccc(OC)cc2)n1.COc1ccc(CN(Cc2ccc(OC)cc2)c2nccc(CCC(=O)OC(C)(C)C)n2)cc1. The molecular weight excluding hydrogens is 769 g/mol. The second-order valence-electron chi connectivity index (χ2n) is 15.2. The second kappa shape index (κ2) is 22.6. The van der Waals surface area contributed by atoms with Gasteiger partial charge in [0.2, 0.25) is 11.9 Å². The molecule has 0 aliphatic heterocycles. The molecule has 2 aromatic heterocycles. The summed E-state index contributed by atoms with van der Waals surface area (Å²) in [4.78, 5) is 35.0. The number of rotatable bonds is 18. The Morgan fingerprint density at radius 2 is 0.836 bits per heavy atom. The molecule has 0 saturated carbocycles. The van der Waals surface area contributed by atoms with Gasteiger partial charge in [0.1, 0.15) is 28.6 Å². The first kappa shape index (κ1) is 45.4. The summed E-state index contributed by atoms with van der Waals surface area (Å²) in [6, 6.07) is 35.9. The van der Waals surface area contributed by atoms with E-state index in [2.05, 4.69) is 51.0 Å². The van der Waals surface area contributed by atoms with Gasteiger partial charge in [-0.05, 0) is 110 Å². The van der Waals surface area contributed by atoms with Crippen LogP contribution in [0.15, 0.2) is 122 Å². The highest BCUT2D eigenvalue weighted by Crippen LogP contribution is 2.23. The Kier molecular flexibility index (Phi) is 16.8. The van der Waals surface area contributed by atoms with Crippen LogP contribution in [0.3, 0.4) is 0 Å². The number of anilines is 2. The molecule has 6 rings (SSSR count). The molecule has 0 radical (unpaired) electrons. The first-order valence-electron chi connectivity index (χ1n) is 20.3. The number of hydrogen-bond acceptors (Lipinski definition) is 12. The Bertz CT molecular complexity index is 2130. The van der Waals surface area contributed by atoms with Crippen LogP contribution in [0, 0.1) is 0 Å². The molecule has 0 saturated heterocycles. The predicted octanol–water partition coefficient (Wildman–Crippen LogP) is 9.24. The molecule has 0 unspecified atom stereocenters. The lowest BCUT2D eigenvalue weighted by Gasteiger charge is -2.24. The highest BCUT2D eigenvalue weighted by Gasteiger charge is 2.18. The molecule has 0 bridgehead atoms. The van der Waals surface area contributed by atoms with Crippen molar-refractivity contribution in [3.63, 3.8) is 0 Å². The van der Waals surface area contributed by atoms with Crippen molar-refractivity contribution in [2.24, 2.45) is 0 Å². The van der Waals surface area contributed by atoms with Crippen LogP contribution < -0.4 is 28.7 Å².